The van der Waals surface area contributed by atoms with Crippen molar-refractivity contribution in [3.63, 3.8) is 0 Å². The van der Waals surface area contributed by atoms with E-state index in [4.69, 9.17) is 11.6 Å². The van der Waals surface area contributed by atoms with Gasteiger partial charge in [-0.25, -0.2) is 0 Å². The highest BCUT2D eigenvalue weighted by Crippen LogP contribution is 2.35. The maximum atomic E-state index is 10.3. The number of aldehydes is 1. The van der Waals surface area contributed by atoms with E-state index in [0.29, 0.717) is 0 Å². The van der Waals surface area contributed by atoms with Gasteiger partial charge in [-0.3, -0.25) is 4.79 Å². The van der Waals surface area contributed by atoms with Gasteiger partial charge in [0, 0.05) is 5.39 Å². The van der Waals surface area contributed by atoms with Crippen LogP contribution in [-0.4, -0.2) is 6.29 Å². The Labute approximate surface area is 76.2 Å². The Bertz CT molecular complexity index is 370. The van der Waals surface area contributed by atoms with Gasteiger partial charge < -0.3 is 0 Å². The largest absolute Gasteiger partial charge is 0.297 e. The lowest BCUT2D eigenvalue weighted by molar-refractivity contribution is 0.112. The Hall–Kier alpha value is -0.380. The second-order valence-corrected chi connectivity index (χ2v) is 5.09. The fourth-order valence-electron chi connectivity index (χ4n) is 0.886. The average molecular weight is 203 g/mol. The van der Waals surface area contributed by atoms with Gasteiger partial charge >= 0.3 is 0 Å². The van der Waals surface area contributed by atoms with Gasteiger partial charge in [-0.05, 0) is 12.1 Å². The van der Waals surface area contributed by atoms with Gasteiger partial charge in [-0.1, -0.05) is 11.6 Å². The van der Waals surface area contributed by atoms with Crippen LogP contribution in [0.3, 0.4) is 0 Å². The normalized spacial score (nSPS) is 10.6. The molecule has 11 heavy (non-hydrogen) atoms. The molecular formula is C7H3ClOS2. The van der Waals surface area contributed by atoms with Crippen molar-refractivity contribution in [1.82, 2.24) is 0 Å². The van der Waals surface area contributed by atoms with Crippen molar-refractivity contribution < 1.29 is 4.79 Å². The molecule has 2 aromatic rings. The summed E-state index contributed by atoms with van der Waals surface area (Å²) >= 11 is 8.75. The second-order valence-electron chi connectivity index (χ2n) is 2.06. The van der Waals surface area contributed by atoms with Crippen LogP contribution in [0.2, 0.25) is 4.34 Å². The minimum atomic E-state index is 0.767. The molecule has 0 unspecified atom stereocenters. The number of carbonyl (C=O) groups excluding carboxylic acids is 1. The minimum absolute atomic E-state index is 0.767. The lowest BCUT2D eigenvalue weighted by Crippen LogP contribution is -1.62. The first-order valence-corrected chi connectivity index (χ1v) is 4.95. The summed E-state index contributed by atoms with van der Waals surface area (Å²) in [7, 11) is 0. The molecule has 0 saturated heterocycles. The zero-order valence-corrected chi connectivity index (χ0v) is 7.72. The van der Waals surface area contributed by atoms with Crippen molar-refractivity contribution in [1.29, 1.82) is 0 Å². The molecule has 2 heterocycles. The van der Waals surface area contributed by atoms with Crippen molar-refractivity contribution >= 4 is 50.0 Å². The molecule has 1 nitrogen and oxygen atoms in total. The first-order chi connectivity index (χ1) is 5.29. The Morgan fingerprint density at radius 1 is 1.36 bits per heavy atom. The fraction of sp³-hybridized carbons (Fsp3) is 0. The van der Waals surface area contributed by atoms with E-state index in [1.54, 1.807) is 0 Å². The number of thiophene rings is 2. The Balaban J connectivity index is 2.72. The van der Waals surface area contributed by atoms with E-state index in [0.717, 1.165) is 24.9 Å². The van der Waals surface area contributed by atoms with Gasteiger partial charge in [-0.2, -0.15) is 0 Å². The quantitative estimate of drug-likeness (QED) is 0.648. The fourth-order valence-corrected chi connectivity index (χ4v) is 3.38. The number of halogens is 1. The SMILES string of the molecule is O=Cc1cc2cc(Cl)sc2s1. The Morgan fingerprint density at radius 3 is 2.82 bits per heavy atom. The average Bonchev–Trinajstić information content (AvgIpc) is 2.43. The second kappa shape index (κ2) is 2.59. The van der Waals surface area contributed by atoms with Crippen molar-refractivity contribution in [2.75, 3.05) is 0 Å². The highest BCUT2D eigenvalue weighted by atomic mass is 35.5. The molecule has 56 valence electrons. The monoisotopic (exact) mass is 202 g/mol. The summed E-state index contributed by atoms with van der Waals surface area (Å²) in [6.45, 7) is 0. The molecule has 0 spiro atoms. The van der Waals surface area contributed by atoms with Gasteiger partial charge in [0.05, 0.1) is 13.2 Å². The first kappa shape index (κ1) is 7.28. The van der Waals surface area contributed by atoms with E-state index in [-0.39, 0.29) is 0 Å². The summed E-state index contributed by atoms with van der Waals surface area (Å²) in [6, 6.07) is 3.74. The highest BCUT2D eigenvalue weighted by Gasteiger charge is 2.03. The van der Waals surface area contributed by atoms with Crippen LogP contribution >= 0.6 is 34.3 Å². The van der Waals surface area contributed by atoms with Gasteiger partial charge in [0.25, 0.3) is 0 Å². The topological polar surface area (TPSA) is 17.1 Å². The summed E-state index contributed by atoms with van der Waals surface area (Å²) in [5.74, 6) is 0. The standard InChI is InChI=1S/C7H3ClOS2/c8-6-2-4-1-5(3-9)10-7(4)11-6/h1-3H. The summed E-state index contributed by atoms with van der Waals surface area (Å²) in [6.07, 6.45) is 0.866. The third kappa shape index (κ3) is 1.20. The summed E-state index contributed by atoms with van der Waals surface area (Å²) < 4.78 is 1.90. The van der Waals surface area contributed by atoms with Crippen LogP contribution in [-0.2, 0) is 0 Å². The molecule has 0 saturated carbocycles. The zero-order chi connectivity index (χ0) is 7.84. The number of hydrogen-bond acceptors (Lipinski definition) is 3. The van der Waals surface area contributed by atoms with Gasteiger partial charge in [0.2, 0.25) is 0 Å². The summed E-state index contributed by atoms with van der Waals surface area (Å²) in [5, 5.41) is 1.08. The minimum Gasteiger partial charge on any atom is -0.297 e. The van der Waals surface area contributed by atoms with Gasteiger partial charge in [0.1, 0.15) is 0 Å². The third-order valence-corrected chi connectivity index (χ3v) is 3.76. The molecule has 0 amide bonds. The van der Waals surface area contributed by atoms with Crippen molar-refractivity contribution in [3.8, 4) is 0 Å². The number of rotatable bonds is 1. The lowest BCUT2D eigenvalue weighted by Gasteiger charge is -1.72. The zero-order valence-electron chi connectivity index (χ0n) is 5.33. The van der Waals surface area contributed by atoms with E-state index in [2.05, 4.69) is 0 Å². The van der Waals surface area contributed by atoms with Crippen molar-refractivity contribution in [2.45, 2.75) is 0 Å². The smallest absolute Gasteiger partial charge is 0.160 e. The van der Waals surface area contributed by atoms with Crippen LogP contribution < -0.4 is 0 Å². The maximum Gasteiger partial charge on any atom is 0.160 e. The molecule has 2 rings (SSSR count). The highest BCUT2D eigenvalue weighted by molar-refractivity contribution is 7.40. The molecule has 0 aliphatic heterocycles. The predicted molar refractivity (Wildman–Crippen MR) is 50.1 cm³/mol. The van der Waals surface area contributed by atoms with Crippen LogP contribution in [0.25, 0.3) is 9.40 Å². The lowest BCUT2D eigenvalue weighted by atomic mass is 10.4. The molecule has 0 N–H and O–H groups in total. The Morgan fingerprint density at radius 2 is 2.18 bits per heavy atom. The summed E-state index contributed by atoms with van der Waals surface area (Å²) in [4.78, 5) is 11.1. The number of fused-ring (bicyclic) bond motifs is 1. The molecule has 0 fully saturated rings. The molecular weight excluding hydrogens is 200 g/mol. The van der Waals surface area contributed by atoms with E-state index in [9.17, 15) is 4.79 Å². The van der Waals surface area contributed by atoms with Gasteiger partial charge in [0.15, 0.2) is 6.29 Å². The molecule has 0 aliphatic rings. The molecule has 0 aliphatic carbocycles. The van der Waals surface area contributed by atoms with E-state index < -0.39 is 0 Å². The van der Waals surface area contributed by atoms with Crippen molar-refractivity contribution in [3.05, 3.63) is 21.3 Å². The van der Waals surface area contributed by atoms with Crippen LogP contribution in [0.4, 0.5) is 0 Å². The third-order valence-electron chi connectivity index (χ3n) is 1.32. The van der Waals surface area contributed by atoms with E-state index in [1.807, 2.05) is 12.1 Å². The number of hydrogen-bond donors (Lipinski definition) is 0. The molecule has 0 radical (unpaired) electrons. The predicted octanol–water partition coefficient (Wildman–Crippen LogP) is 3.43. The Kier molecular flexibility index (Phi) is 1.71. The van der Waals surface area contributed by atoms with Crippen molar-refractivity contribution in [2.24, 2.45) is 0 Å². The van der Waals surface area contributed by atoms with E-state index in [1.165, 1.54) is 22.7 Å². The van der Waals surface area contributed by atoms with Crippen LogP contribution in [0.5, 0.6) is 0 Å². The maximum absolute atomic E-state index is 10.3. The van der Waals surface area contributed by atoms with Crippen LogP contribution in [0.15, 0.2) is 12.1 Å². The van der Waals surface area contributed by atoms with Gasteiger partial charge in [-0.15, -0.1) is 22.7 Å². The molecule has 0 atom stereocenters. The molecule has 4 heteroatoms. The summed E-state index contributed by atoms with van der Waals surface area (Å²) in [5.41, 5.74) is 0. The van der Waals surface area contributed by atoms with Crippen LogP contribution in [0, 0.1) is 0 Å². The molecule has 2 aromatic heterocycles. The molecule has 0 bridgehead atoms. The van der Waals surface area contributed by atoms with E-state index >= 15 is 0 Å². The van der Waals surface area contributed by atoms with Crippen LogP contribution in [0.1, 0.15) is 9.67 Å². The first-order valence-electron chi connectivity index (χ1n) is 2.93. The molecule has 0 aromatic carbocycles. The number of carbonyl (C=O) groups is 1.